The van der Waals surface area contributed by atoms with E-state index in [-0.39, 0.29) is 34.7 Å². The van der Waals surface area contributed by atoms with Crippen molar-refractivity contribution >= 4 is 23.5 Å². The SMILES string of the molecule is COCCCN1C(=O)c2ccc(NC(=O)N3CC4(C)CC3CC(C)(C)C4)cc2C1=O. The first-order chi connectivity index (χ1) is 14.1. The van der Waals surface area contributed by atoms with Crippen LogP contribution in [0.3, 0.4) is 0 Å². The predicted molar refractivity (Wildman–Crippen MR) is 114 cm³/mol. The summed E-state index contributed by atoms with van der Waals surface area (Å²) < 4.78 is 5.01. The Labute approximate surface area is 177 Å². The summed E-state index contributed by atoms with van der Waals surface area (Å²) in [5.41, 5.74) is 1.68. The Bertz CT molecular complexity index is 896. The van der Waals surface area contributed by atoms with Crippen molar-refractivity contribution in [3.05, 3.63) is 29.3 Å². The van der Waals surface area contributed by atoms with Gasteiger partial charge in [-0.2, -0.15) is 0 Å². The van der Waals surface area contributed by atoms with Crippen LogP contribution >= 0.6 is 0 Å². The molecule has 1 saturated heterocycles. The number of carbonyl (C=O) groups excluding carboxylic acids is 3. The van der Waals surface area contributed by atoms with Gasteiger partial charge in [0.1, 0.15) is 0 Å². The van der Waals surface area contributed by atoms with Crippen LogP contribution in [0.25, 0.3) is 0 Å². The van der Waals surface area contributed by atoms with Gasteiger partial charge in [0, 0.05) is 38.5 Å². The average molecular weight is 414 g/mol. The van der Waals surface area contributed by atoms with E-state index >= 15 is 0 Å². The number of anilines is 1. The molecule has 1 N–H and O–H groups in total. The van der Waals surface area contributed by atoms with Gasteiger partial charge in [-0.05, 0) is 54.7 Å². The van der Waals surface area contributed by atoms with Gasteiger partial charge in [0.15, 0.2) is 0 Å². The molecule has 0 aromatic heterocycles. The average Bonchev–Trinajstić information content (AvgIpc) is 3.05. The van der Waals surface area contributed by atoms with Crippen molar-refractivity contribution in [1.82, 2.24) is 9.80 Å². The Hall–Kier alpha value is -2.41. The topological polar surface area (TPSA) is 79.0 Å². The van der Waals surface area contributed by atoms with Crippen LogP contribution in [0.1, 0.15) is 67.2 Å². The van der Waals surface area contributed by atoms with E-state index in [4.69, 9.17) is 4.74 Å². The quantitative estimate of drug-likeness (QED) is 0.589. The maximum absolute atomic E-state index is 13.0. The highest BCUT2D eigenvalue weighted by Gasteiger charge is 2.51. The van der Waals surface area contributed by atoms with Crippen LogP contribution in [-0.2, 0) is 4.74 Å². The molecule has 2 bridgehead atoms. The van der Waals surface area contributed by atoms with Gasteiger partial charge in [0.25, 0.3) is 11.8 Å². The third-order valence-corrected chi connectivity index (χ3v) is 6.63. The van der Waals surface area contributed by atoms with E-state index in [1.165, 1.54) is 4.90 Å². The summed E-state index contributed by atoms with van der Waals surface area (Å²) in [4.78, 5) is 41.5. The van der Waals surface area contributed by atoms with Crippen molar-refractivity contribution in [1.29, 1.82) is 0 Å². The summed E-state index contributed by atoms with van der Waals surface area (Å²) in [7, 11) is 1.59. The number of hydrogen-bond acceptors (Lipinski definition) is 4. The number of imide groups is 1. The Balaban J connectivity index is 1.47. The molecule has 4 amide bonds. The van der Waals surface area contributed by atoms with Crippen molar-refractivity contribution in [3.8, 4) is 0 Å². The zero-order valence-corrected chi connectivity index (χ0v) is 18.3. The molecular weight excluding hydrogens is 382 g/mol. The molecule has 3 aliphatic rings. The zero-order valence-electron chi connectivity index (χ0n) is 18.3. The summed E-state index contributed by atoms with van der Waals surface area (Å²) in [6, 6.07) is 5.07. The molecule has 2 fully saturated rings. The maximum atomic E-state index is 13.0. The van der Waals surface area contributed by atoms with Gasteiger partial charge in [-0.3, -0.25) is 14.5 Å². The first-order valence-electron chi connectivity index (χ1n) is 10.7. The van der Waals surface area contributed by atoms with E-state index in [1.807, 2.05) is 4.90 Å². The van der Waals surface area contributed by atoms with E-state index in [9.17, 15) is 14.4 Å². The molecule has 7 nitrogen and oxygen atoms in total. The lowest BCUT2D eigenvalue weighted by Gasteiger charge is -2.39. The fourth-order valence-corrected chi connectivity index (χ4v) is 5.83. The van der Waals surface area contributed by atoms with E-state index < -0.39 is 0 Å². The van der Waals surface area contributed by atoms with Gasteiger partial charge in [-0.1, -0.05) is 20.8 Å². The molecule has 7 heteroatoms. The maximum Gasteiger partial charge on any atom is 0.322 e. The second kappa shape index (κ2) is 7.38. The summed E-state index contributed by atoms with van der Waals surface area (Å²) in [5.74, 6) is -0.596. The van der Waals surface area contributed by atoms with Crippen LogP contribution in [0.15, 0.2) is 18.2 Å². The second-order valence-electron chi connectivity index (χ2n) is 10.1. The molecule has 1 aliphatic carbocycles. The predicted octanol–water partition coefficient (Wildman–Crippen LogP) is 3.75. The number of ether oxygens (including phenoxy) is 1. The fourth-order valence-electron chi connectivity index (χ4n) is 5.83. The first kappa shape index (κ1) is 20.8. The molecule has 30 heavy (non-hydrogen) atoms. The van der Waals surface area contributed by atoms with Crippen molar-refractivity contribution in [2.24, 2.45) is 10.8 Å². The van der Waals surface area contributed by atoms with Crippen molar-refractivity contribution in [3.63, 3.8) is 0 Å². The second-order valence-corrected chi connectivity index (χ2v) is 10.1. The lowest BCUT2D eigenvalue weighted by atomic mass is 9.65. The lowest BCUT2D eigenvalue weighted by Crippen LogP contribution is -2.40. The molecule has 2 aliphatic heterocycles. The van der Waals surface area contributed by atoms with Crippen molar-refractivity contribution < 1.29 is 19.1 Å². The number of rotatable bonds is 5. The lowest BCUT2D eigenvalue weighted by molar-refractivity contribution is 0.0638. The fraction of sp³-hybridized carbons (Fsp3) is 0.609. The number of urea groups is 1. The molecule has 2 atom stereocenters. The molecule has 1 aromatic carbocycles. The third-order valence-electron chi connectivity index (χ3n) is 6.63. The molecule has 4 rings (SSSR count). The molecular formula is C23H31N3O4. The first-order valence-corrected chi connectivity index (χ1v) is 10.7. The minimum Gasteiger partial charge on any atom is -0.385 e. The largest absolute Gasteiger partial charge is 0.385 e. The van der Waals surface area contributed by atoms with Crippen LogP contribution in [0.2, 0.25) is 0 Å². The van der Waals surface area contributed by atoms with E-state index in [2.05, 4.69) is 26.1 Å². The van der Waals surface area contributed by atoms with Crippen LogP contribution in [0, 0.1) is 10.8 Å². The highest BCUT2D eigenvalue weighted by Crippen LogP contribution is 2.52. The summed E-state index contributed by atoms with van der Waals surface area (Å²) in [6.45, 7) is 8.39. The molecule has 2 heterocycles. The molecule has 2 unspecified atom stereocenters. The smallest absolute Gasteiger partial charge is 0.322 e. The van der Waals surface area contributed by atoms with E-state index in [0.717, 1.165) is 25.8 Å². The van der Waals surface area contributed by atoms with Crippen LogP contribution in [0.5, 0.6) is 0 Å². The minimum absolute atomic E-state index is 0.130. The summed E-state index contributed by atoms with van der Waals surface area (Å²) in [5, 5.41) is 2.96. The van der Waals surface area contributed by atoms with Gasteiger partial charge in [-0.15, -0.1) is 0 Å². The number of amides is 4. The number of likely N-dealkylation sites (tertiary alicyclic amines) is 1. The standard InChI is InChI=1S/C23H31N3O4/c1-22(2)11-16-12-23(3,13-22)14-26(16)21(29)24-15-6-7-17-18(10-15)20(28)25(19(17)27)8-5-9-30-4/h6-7,10,16H,5,8-9,11-14H2,1-4H3,(H,24,29). The highest BCUT2D eigenvalue weighted by atomic mass is 16.5. The Kier molecular flexibility index (Phi) is 5.12. The third kappa shape index (κ3) is 3.71. The van der Waals surface area contributed by atoms with Gasteiger partial charge in [0.2, 0.25) is 0 Å². The van der Waals surface area contributed by atoms with Gasteiger partial charge in [-0.25, -0.2) is 4.79 Å². The Morgan fingerprint density at radius 1 is 1.17 bits per heavy atom. The van der Waals surface area contributed by atoms with Crippen LogP contribution in [0.4, 0.5) is 10.5 Å². The highest BCUT2D eigenvalue weighted by molar-refractivity contribution is 6.21. The molecule has 162 valence electrons. The van der Waals surface area contributed by atoms with Gasteiger partial charge in [0.05, 0.1) is 11.1 Å². The summed E-state index contributed by atoms with van der Waals surface area (Å²) >= 11 is 0. The van der Waals surface area contributed by atoms with Gasteiger partial charge >= 0.3 is 6.03 Å². The minimum atomic E-state index is -0.312. The summed E-state index contributed by atoms with van der Waals surface area (Å²) in [6.07, 6.45) is 3.76. The molecule has 1 saturated carbocycles. The number of nitrogens with one attached hydrogen (secondary N) is 1. The molecule has 0 radical (unpaired) electrons. The number of hydrogen-bond donors (Lipinski definition) is 1. The number of carbonyl (C=O) groups is 3. The van der Waals surface area contributed by atoms with Gasteiger partial charge < -0.3 is 15.0 Å². The number of methoxy groups -OCH3 is 1. The number of nitrogens with zero attached hydrogens (tertiary/aromatic N) is 2. The number of fused-ring (bicyclic) bond motifs is 3. The molecule has 0 spiro atoms. The van der Waals surface area contributed by atoms with Crippen LogP contribution < -0.4 is 5.32 Å². The van der Waals surface area contributed by atoms with E-state index in [0.29, 0.717) is 36.4 Å². The van der Waals surface area contributed by atoms with E-state index in [1.54, 1.807) is 25.3 Å². The van der Waals surface area contributed by atoms with Crippen molar-refractivity contribution in [2.75, 3.05) is 32.1 Å². The normalized spacial score (nSPS) is 26.9. The molecule has 1 aromatic rings. The zero-order chi connectivity index (χ0) is 21.7. The monoisotopic (exact) mass is 413 g/mol. The Morgan fingerprint density at radius 3 is 2.63 bits per heavy atom. The Morgan fingerprint density at radius 2 is 1.90 bits per heavy atom. The number of benzene rings is 1. The van der Waals surface area contributed by atoms with Crippen molar-refractivity contribution in [2.45, 2.75) is 52.5 Å². The van der Waals surface area contributed by atoms with Crippen LogP contribution in [-0.4, -0.2) is 60.5 Å².